The Hall–Kier alpha value is -1.84. The third-order valence-electron chi connectivity index (χ3n) is 3.76. The van der Waals surface area contributed by atoms with Crippen molar-refractivity contribution < 1.29 is 19.1 Å². The highest BCUT2D eigenvalue weighted by Crippen LogP contribution is 2.21. The van der Waals surface area contributed by atoms with Gasteiger partial charge < -0.3 is 9.47 Å². The van der Waals surface area contributed by atoms with Crippen LogP contribution in [0.5, 0.6) is 5.75 Å². The second-order valence-electron chi connectivity index (χ2n) is 5.59. The maximum absolute atomic E-state index is 12.5. The van der Waals surface area contributed by atoms with E-state index in [1.165, 1.54) is 12.8 Å². The zero-order valence-corrected chi connectivity index (χ0v) is 14.5. The number of methoxy groups -OCH3 is 1. The first-order valence-electron chi connectivity index (χ1n) is 8.48. The van der Waals surface area contributed by atoms with Crippen LogP contribution in [-0.4, -0.2) is 25.5 Å². The minimum Gasteiger partial charge on any atom is -0.497 e. The van der Waals surface area contributed by atoms with E-state index in [-0.39, 0.29) is 18.2 Å². The van der Waals surface area contributed by atoms with Crippen LogP contribution in [0.4, 0.5) is 0 Å². The molecule has 1 rings (SSSR count). The monoisotopic (exact) mass is 320 g/mol. The molecule has 0 aliphatic heterocycles. The second kappa shape index (κ2) is 10.8. The van der Waals surface area contributed by atoms with Crippen LogP contribution in [0.2, 0.25) is 0 Å². The van der Waals surface area contributed by atoms with Crippen molar-refractivity contribution in [3.05, 3.63) is 29.3 Å². The van der Waals surface area contributed by atoms with E-state index in [1.54, 1.807) is 32.2 Å². The van der Waals surface area contributed by atoms with Crippen LogP contribution < -0.4 is 4.74 Å². The van der Waals surface area contributed by atoms with Crippen LogP contribution in [0.25, 0.3) is 0 Å². The molecule has 0 atom stereocenters. The molecule has 0 aliphatic carbocycles. The van der Waals surface area contributed by atoms with Gasteiger partial charge in [0.25, 0.3) is 0 Å². The molecule has 0 spiro atoms. The Labute approximate surface area is 139 Å². The molecule has 0 heterocycles. The number of Topliss-reactive ketones (excluding diaryl/α,β-unsaturated/α-hetero) is 1. The standard InChI is InChI=1S/C19H28O4/c1-4-6-7-8-9-10-18(20)17-14-16(22-3)12-11-15(17)13-19(21)23-5-2/h11-12,14H,4-10,13H2,1-3H3. The summed E-state index contributed by atoms with van der Waals surface area (Å²) in [4.78, 5) is 24.2. The summed E-state index contributed by atoms with van der Waals surface area (Å²) >= 11 is 0. The predicted molar refractivity (Wildman–Crippen MR) is 91.0 cm³/mol. The lowest BCUT2D eigenvalue weighted by molar-refractivity contribution is -0.142. The molecular weight excluding hydrogens is 292 g/mol. The molecule has 1 aromatic rings. The molecule has 0 aromatic heterocycles. The molecule has 0 bridgehead atoms. The number of rotatable bonds is 11. The van der Waals surface area contributed by atoms with Crippen LogP contribution >= 0.6 is 0 Å². The maximum Gasteiger partial charge on any atom is 0.310 e. The van der Waals surface area contributed by atoms with Gasteiger partial charge >= 0.3 is 5.97 Å². The van der Waals surface area contributed by atoms with Gasteiger partial charge in [0.1, 0.15) is 5.75 Å². The lowest BCUT2D eigenvalue weighted by Crippen LogP contribution is -2.12. The van der Waals surface area contributed by atoms with E-state index in [2.05, 4.69) is 6.92 Å². The molecule has 4 nitrogen and oxygen atoms in total. The van der Waals surface area contributed by atoms with Gasteiger partial charge in [0, 0.05) is 12.0 Å². The van der Waals surface area contributed by atoms with E-state index < -0.39 is 0 Å². The molecule has 0 fully saturated rings. The number of hydrogen-bond acceptors (Lipinski definition) is 4. The molecule has 4 heteroatoms. The average Bonchev–Trinajstić information content (AvgIpc) is 2.55. The van der Waals surface area contributed by atoms with Gasteiger partial charge in [-0.05, 0) is 31.0 Å². The van der Waals surface area contributed by atoms with Crippen molar-refractivity contribution in [1.29, 1.82) is 0 Å². The molecule has 0 N–H and O–H groups in total. The lowest BCUT2D eigenvalue weighted by Gasteiger charge is -2.11. The maximum atomic E-state index is 12.5. The van der Waals surface area contributed by atoms with Gasteiger partial charge in [-0.1, -0.05) is 38.7 Å². The van der Waals surface area contributed by atoms with E-state index in [0.29, 0.717) is 29.9 Å². The van der Waals surface area contributed by atoms with Gasteiger partial charge in [0.2, 0.25) is 0 Å². The van der Waals surface area contributed by atoms with Crippen LogP contribution in [0.15, 0.2) is 18.2 Å². The quantitative estimate of drug-likeness (QED) is 0.346. The second-order valence-corrected chi connectivity index (χ2v) is 5.59. The Kier molecular flexibility index (Phi) is 9.03. The number of ketones is 1. The van der Waals surface area contributed by atoms with Gasteiger partial charge in [0.05, 0.1) is 20.1 Å². The van der Waals surface area contributed by atoms with Crippen molar-refractivity contribution in [2.75, 3.05) is 13.7 Å². The molecule has 0 aliphatic rings. The molecule has 0 amide bonds. The number of benzene rings is 1. The smallest absolute Gasteiger partial charge is 0.310 e. The van der Waals surface area contributed by atoms with Gasteiger partial charge in [0.15, 0.2) is 5.78 Å². The Morgan fingerprint density at radius 1 is 1.04 bits per heavy atom. The first kappa shape index (κ1) is 19.2. The first-order valence-corrected chi connectivity index (χ1v) is 8.48. The van der Waals surface area contributed by atoms with Crippen LogP contribution in [0.3, 0.4) is 0 Å². The SMILES string of the molecule is CCCCCCCC(=O)c1cc(OC)ccc1CC(=O)OCC. The van der Waals surface area contributed by atoms with Crippen molar-refractivity contribution in [3.8, 4) is 5.75 Å². The van der Waals surface area contributed by atoms with Gasteiger partial charge in [-0.2, -0.15) is 0 Å². The molecule has 1 aromatic carbocycles. The predicted octanol–water partition coefficient (Wildman–Crippen LogP) is 4.34. The fourth-order valence-electron chi connectivity index (χ4n) is 2.49. The van der Waals surface area contributed by atoms with Crippen molar-refractivity contribution in [2.24, 2.45) is 0 Å². The molecule has 0 saturated carbocycles. The van der Waals surface area contributed by atoms with Gasteiger partial charge in [-0.15, -0.1) is 0 Å². The summed E-state index contributed by atoms with van der Waals surface area (Å²) < 4.78 is 10.2. The highest BCUT2D eigenvalue weighted by atomic mass is 16.5. The number of ether oxygens (including phenoxy) is 2. The van der Waals surface area contributed by atoms with E-state index in [9.17, 15) is 9.59 Å². The number of hydrogen-bond donors (Lipinski definition) is 0. The van der Waals surface area contributed by atoms with E-state index in [1.807, 2.05) is 0 Å². The number of carbonyl (C=O) groups is 2. The van der Waals surface area contributed by atoms with E-state index in [4.69, 9.17) is 9.47 Å². The zero-order chi connectivity index (χ0) is 17.1. The Morgan fingerprint density at radius 3 is 2.43 bits per heavy atom. The summed E-state index contributed by atoms with van der Waals surface area (Å²) in [6.07, 6.45) is 6.14. The highest BCUT2D eigenvalue weighted by molar-refractivity contribution is 5.98. The molecule has 0 radical (unpaired) electrons. The zero-order valence-electron chi connectivity index (χ0n) is 14.5. The minimum absolute atomic E-state index is 0.0692. The lowest BCUT2D eigenvalue weighted by atomic mass is 9.97. The molecule has 0 saturated heterocycles. The molecular formula is C19H28O4. The van der Waals surface area contributed by atoms with Crippen molar-refractivity contribution in [1.82, 2.24) is 0 Å². The summed E-state index contributed by atoms with van der Waals surface area (Å²) in [5, 5.41) is 0. The largest absolute Gasteiger partial charge is 0.497 e. The van der Waals surface area contributed by atoms with Crippen LogP contribution in [0.1, 0.15) is 68.3 Å². The Balaban J connectivity index is 2.75. The first-order chi connectivity index (χ1) is 11.1. The fourth-order valence-corrected chi connectivity index (χ4v) is 2.49. The number of unbranched alkanes of at least 4 members (excludes halogenated alkanes) is 4. The minimum atomic E-state index is -0.310. The Morgan fingerprint density at radius 2 is 1.78 bits per heavy atom. The topological polar surface area (TPSA) is 52.6 Å². The summed E-state index contributed by atoms with van der Waals surface area (Å²) in [6.45, 7) is 4.28. The van der Waals surface area contributed by atoms with Gasteiger partial charge in [-0.25, -0.2) is 0 Å². The van der Waals surface area contributed by atoms with Crippen molar-refractivity contribution in [3.63, 3.8) is 0 Å². The summed E-state index contributed by atoms with van der Waals surface area (Å²) in [5.41, 5.74) is 1.29. The number of esters is 1. The summed E-state index contributed by atoms with van der Waals surface area (Å²) in [7, 11) is 1.57. The molecule has 128 valence electrons. The van der Waals surface area contributed by atoms with Gasteiger partial charge in [-0.3, -0.25) is 9.59 Å². The van der Waals surface area contributed by atoms with Crippen molar-refractivity contribution in [2.45, 2.75) is 58.8 Å². The normalized spacial score (nSPS) is 10.4. The van der Waals surface area contributed by atoms with Crippen LogP contribution in [0, 0.1) is 0 Å². The summed E-state index contributed by atoms with van der Waals surface area (Å²) in [6, 6.07) is 5.27. The molecule has 23 heavy (non-hydrogen) atoms. The number of carbonyl (C=O) groups excluding carboxylic acids is 2. The molecule has 0 unspecified atom stereocenters. The summed E-state index contributed by atoms with van der Waals surface area (Å²) in [5.74, 6) is 0.390. The van der Waals surface area contributed by atoms with E-state index >= 15 is 0 Å². The highest BCUT2D eigenvalue weighted by Gasteiger charge is 2.15. The Bertz CT molecular complexity index is 508. The van der Waals surface area contributed by atoms with E-state index in [0.717, 1.165) is 19.3 Å². The van der Waals surface area contributed by atoms with Crippen LogP contribution in [-0.2, 0) is 16.0 Å². The third-order valence-corrected chi connectivity index (χ3v) is 3.76. The third kappa shape index (κ3) is 6.85. The fraction of sp³-hybridized carbons (Fsp3) is 0.579. The van der Waals surface area contributed by atoms with Crippen molar-refractivity contribution >= 4 is 11.8 Å². The average molecular weight is 320 g/mol.